The van der Waals surface area contributed by atoms with Gasteiger partial charge in [0.1, 0.15) is 11.5 Å². The summed E-state index contributed by atoms with van der Waals surface area (Å²) in [6, 6.07) is 5.79. The second-order valence-electron chi connectivity index (χ2n) is 5.28. The summed E-state index contributed by atoms with van der Waals surface area (Å²) in [6.45, 7) is 3.66. The summed E-state index contributed by atoms with van der Waals surface area (Å²) in [6.07, 6.45) is 6.10. The molecule has 0 bridgehead atoms. The predicted octanol–water partition coefficient (Wildman–Crippen LogP) is 2.41. The van der Waals surface area contributed by atoms with Gasteiger partial charge in [-0.1, -0.05) is 13.0 Å². The number of nitrogens with zero attached hydrogens (tertiary/aromatic N) is 4. The number of aromatic nitrogens is 3. The molecule has 22 heavy (non-hydrogen) atoms. The summed E-state index contributed by atoms with van der Waals surface area (Å²) in [5.41, 5.74) is 1.38. The molecule has 1 aliphatic rings. The molecule has 0 saturated carbocycles. The first-order valence-electron chi connectivity index (χ1n) is 7.60. The zero-order valence-corrected chi connectivity index (χ0v) is 12.6. The molecule has 1 aliphatic heterocycles. The van der Waals surface area contributed by atoms with Gasteiger partial charge < -0.3 is 10.2 Å². The number of hydrogen-bond acceptors (Lipinski definition) is 5. The third-order valence-electron chi connectivity index (χ3n) is 3.67. The molecule has 114 valence electrons. The summed E-state index contributed by atoms with van der Waals surface area (Å²) in [4.78, 5) is 27.1. The minimum absolute atomic E-state index is 0.0519. The monoisotopic (exact) mass is 297 g/mol. The van der Waals surface area contributed by atoms with Crippen LogP contribution in [0.25, 0.3) is 0 Å². The van der Waals surface area contributed by atoms with E-state index in [1.165, 1.54) is 6.20 Å². The number of aryl methyl sites for hydroxylation is 1. The average Bonchev–Trinajstić information content (AvgIpc) is 3.09. The van der Waals surface area contributed by atoms with Crippen LogP contribution in [0.3, 0.4) is 0 Å². The quantitative estimate of drug-likeness (QED) is 0.938. The minimum atomic E-state index is -0.0519. The number of anilines is 2. The Morgan fingerprint density at radius 1 is 1.18 bits per heavy atom. The smallest absolute Gasteiger partial charge is 0.274 e. The van der Waals surface area contributed by atoms with Gasteiger partial charge in [0, 0.05) is 18.8 Å². The highest BCUT2D eigenvalue weighted by molar-refractivity contribution is 5.92. The van der Waals surface area contributed by atoms with Gasteiger partial charge in [0.2, 0.25) is 0 Å². The fraction of sp³-hybridized carbons (Fsp3) is 0.375. The van der Waals surface area contributed by atoms with E-state index in [0.717, 1.165) is 38.0 Å². The number of carbonyl (C=O) groups is 1. The fourth-order valence-corrected chi connectivity index (χ4v) is 2.49. The molecule has 0 spiro atoms. The molecule has 2 aromatic rings. The van der Waals surface area contributed by atoms with Crippen LogP contribution in [0.4, 0.5) is 11.6 Å². The SMILES string of the molecule is CCc1cccc(Nc2cncc(C(=O)N3CCCC3)n2)n1. The van der Waals surface area contributed by atoms with Gasteiger partial charge >= 0.3 is 0 Å². The molecule has 0 aliphatic carbocycles. The third kappa shape index (κ3) is 3.21. The van der Waals surface area contributed by atoms with Crippen LogP contribution >= 0.6 is 0 Å². The lowest BCUT2D eigenvalue weighted by Crippen LogP contribution is -2.28. The summed E-state index contributed by atoms with van der Waals surface area (Å²) in [5, 5.41) is 3.11. The standard InChI is InChI=1S/C16H19N5O/c1-2-12-6-5-7-14(18-12)20-15-11-17-10-13(19-15)16(22)21-8-3-4-9-21/h5-7,10-11H,2-4,8-9H2,1H3,(H,18,19,20). The van der Waals surface area contributed by atoms with Crippen molar-refractivity contribution in [2.45, 2.75) is 26.2 Å². The Morgan fingerprint density at radius 3 is 2.77 bits per heavy atom. The molecule has 0 aromatic carbocycles. The molecule has 1 amide bonds. The van der Waals surface area contributed by atoms with Gasteiger partial charge in [0.05, 0.1) is 12.4 Å². The lowest BCUT2D eigenvalue weighted by atomic mass is 10.3. The number of nitrogens with one attached hydrogen (secondary N) is 1. The summed E-state index contributed by atoms with van der Waals surface area (Å²) in [5.74, 6) is 1.19. The van der Waals surface area contributed by atoms with Gasteiger partial charge in [0.25, 0.3) is 5.91 Å². The van der Waals surface area contributed by atoms with Crippen LogP contribution < -0.4 is 5.32 Å². The highest BCUT2D eigenvalue weighted by atomic mass is 16.2. The van der Waals surface area contributed by atoms with Crippen LogP contribution in [-0.2, 0) is 6.42 Å². The number of hydrogen-bond donors (Lipinski definition) is 1. The normalized spacial score (nSPS) is 14.1. The maximum Gasteiger partial charge on any atom is 0.274 e. The van der Waals surface area contributed by atoms with Crippen molar-refractivity contribution >= 4 is 17.5 Å². The Balaban J connectivity index is 1.77. The van der Waals surface area contributed by atoms with E-state index in [-0.39, 0.29) is 5.91 Å². The van der Waals surface area contributed by atoms with Crippen LogP contribution in [0.1, 0.15) is 35.9 Å². The van der Waals surface area contributed by atoms with Crippen LogP contribution in [0.2, 0.25) is 0 Å². The zero-order valence-electron chi connectivity index (χ0n) is 12.6. The number of likely N-dealkylation sites (tertiary alicyclic amines) is 1. The van der Waals surface area contributed by atoms with Crippen LogP contribution in [0.15, 0.2) is 30.6 Å². The molecule has 1 saturated heterocycles. The van der Waals surface area contributed by atoms with Gasteiger partial charge in [0.15, 0.2) is 5.82 Å². The highest BCUT2D eigenvalue weighted by Crippen LogP contribution is 2.15. The number of carbonyl (C=O) groups excluding carboxylic acids is 1. The number of pyridine rings is 1. The number of amides is 1. The van der Waals surface area contributed by atoms with E-state index in [1.54, 1.807) is 6.20 Å². The number of rotatable bonds is 4. The molecule has 6 heteroatoms. The van der Waals surface area contributed by atoms with Crippen LogP contribution in [-0.4, -0.2) is 38.8 Å². The van der Waals surface area contributed by atoms with Crippen molar-refractivity contribution in [2.24, 2.45) is 0 Å². The molecule has 2 aromatic heterocycles. The highest BCUT2D eigenvalue weighted by Gasteiger charge is 2.21. The molecule has 0 atom stereocenters. The van der Waals surface area contributed by atoms with Gasteiger partial charge in [-0.15, -0.1) is 0 Å². The molecule has 3 rings (SSSR count). The molecule has 3 heterocycles. The van der Waals surface area contributed by atoms with Gasteiger partial charge in [-0.3, -0.25) is 9.78 Å². The Labute approximate surface area is 129 Å². The molecule has 1 fully saturated rings. The first kappa shape index (κ1) is 14.4. The summed E-state index contributed by atoms with van der Waals surface area (Å²) >= 11 is 0. The van der Waals surface area contributed by atoms with Crippen molar-refractivity contribution in [3.8, 4) is 0 Å². The van der Waals surface area contributed by atoms with Gasteiger partial charge in [-0.2, -0.15) is 0 Å². The molecule has 0 radical (unpaired) electrons. The molecule has 1 N–H and O–H groups in total. The second kappa shape index (κ2) is 6.51. The minimum Gasteiger partial charge on any atom is -0.337 e. The first-order valence-corrected chi connectivity index (χ1v) is 7.60. The van der Waals surface area contributed by atoms with Crippen LogP contribution in [0, 0.1) is 0 Å². The van der Waals surface area contributed by atoms with Crippen LogP contribution in [0.5, 0.6) is 0 Å². The van der Waals surface area contributed by atoms with Crippen molar-refractivity contribution in [2.75, 3.05) is 18.4 Å². The fourth-order valence-electron chi connectivity index (χ4n) is 2.49. The Bertz CT molecular complexity index is 667. The molecular formula is C16H19N5O. The van der Waals surface area contributed by atoms with Crippen molar-refractivity contribution in [1.82, 2.24) is 19.9 Å². The Hall–Kier alpha value is -2.50. The van der Waals surface area contributed by atoms with Gasteiger partial charge in [-0.25, -0.2) is 9.97 Å². The lowest BCUT2D eigenvalue weighted by Gasteiger charge is -2.14. The first-order chi connectivity index (χ1) is 10.8. The largest absolute Gasteiger partial charge is 0.337 e. The van der Waals surface area contributed by atoms with E-state index in [1.807, 2.05) is 23.1 Å². The van der Waals surface area contributed by atoms with E-state index in [2.05, 4.69) is 27.2 Å². The molecule has 0 unspecified atom stereocenters. The predicted molar refractivity (Wildman–Crippen MR) is 84.1 cm³/mol. The Morgan fingerprint density at radius 2 is 2.00 bits per heavy atom. The summed E-state index contributed by atoms with van der Waals surface area (Å²) in [7, 11) is 0. The van der Waals surface area contributed by atoms with E-state index < -0.39 is 0 Å². The van der Waals surface area contributed by atoms with Gasteiger partial charge in [-0.05, 0) is 31.4 Å². The van der Waals surface area contributed by atoms with Crippen molar-refractivity contribution < 1.29 is 4.79 Å². The Kier molecular flexibility index (Phi) is 4.27. The average molecular weight is 297 g/mol. The van der Waals surface area contributed by atoms with Crippen molar-refractivity contribution in [3.05, 3.63) is 42.0 Å². The third-order valence-corrected chi connectivity index (χ3v) is 3.67. The van der Waals surface area contributed by atoms with E-state index >= 15 is 0 Å². The van der Waals surface area contributed by atoms with E-state index in [4.69, 9.17) is 0 Å². The van der Waals surface area contributed by atoms with Crippen molar-refractivity contribution in [3.63, 3.8) is 0 Å². The maximum absolute atomic E-state index is 12.3. The lowest BCUT2D eigenvalue weighted by molar-refractivity contribution is 0.0786. The van der Waals surface area contributed by atoms with E-state index in [9.17, 15) is 4.79 Å². The van der Waals surface area contributed by atoms with E-state index in [0.29, 0.717) is 17.3 Å². The maximum atomic E-state index is 12.3. The zero-order chi connectivity index (χ0) is 15.4. The van der Waals surface area contributed by atoms with Crippen molar-refractivity contribution in [1.29, 1.82) is 0 Å². The molecular weight excluding hydrogens is 278 g/mol. The topological polar surface area (TPSA) is 71.0 Å². The molecule has 6 nitrogen and oxygen atoms in total. The summed E-state index contributed by atoms with van der Waals surface area (Å²) < 4.78 is 0. The second-order valence-corrected chi connectivity index (χ2v) is 5.28.